The predicted octanol–water partition coefficient (Wildman–Crippen LogP) is 2.29. The van der Waals surface area contributed by atoms with Crippen LogP contribution in [-0.4, -0.2) is 50.8 Å². The van der Waals surface area contributed by atoms with Crippen molar-refractivity contribution in [2.75, 3.05) is 19.6 Å². The summed E-state index contributed by atoms with van der Waals surface area (Å²) in [6, 6.07) is 4.69. The Kier molecular flexibility index (Phi) is 4.99. The third-order valence-corrected chi connectivity index (χ3v) is 5.23. The molecule has 0 aromatic carbocycles. The van der Waals surface area contributed by atoms with Gasteiger partial charge in [-0.15, -0.1) is 0 Å². The van der Waals surface area contributed by atoms with E-state index in [0.29, 0.717) is 17.5 Å². The van der Waals surface area contributed by atoms with E-state index in [4.69, 9.17) is 0 Å². The first-order valence-electron chi connectivity index (χ1n) is 9.08. The van der Waals surface area contributed by atoms with Gasteiger partial charge in [0.25, 0.3) is 5.91 Å². The van der Waals surface area contributed by atoms with Crippen molar-refractivity contribution in [2.24, 2.45) is 13.0 Å². The van der Waals surface area contributed by atoms with Crippen LogP contribution >= 0.6 is 0 Å². The number of nitrogens with one attached hydrogen (secondary N) is 1. The Morgan fingerprint density at radius 2 is 2.00 bits per heavy atom. The molecule has 136 valence electrons. The van der Waals surface area contributed by atoms with E-state index in [-0.39, 0.29) is 5.91 Å². The van der Waals surface area contributed by atoms with Crippen LogP contribution in [0.3, 0.4) is 0 Å². The zero-order chi connectivity index (χ0) is 18.1. The summed E-state index contributed by atoms with van der Waals surface area (Å²) >= 11 is 0. The highest BCUT2D eigenvalue weighted by molar-refractivity contribution is 5.97. The summed E-state index contributed by atoms with van der Waals surface area (Å²) in [5, 5.41) is 7.44. The lowest BCUT2D eigenvalue weighted by Crippen LogP contribution is -2.33. The molecule has 2 aromatic rings. The van der Waals surface area contributed by atoms with Gasteiger partial charge in [-0.25, -0.2) is 0 Å². The average molecular weight is 343 g/mol. The fourth-order valence-electron chi connectivity index (χ4n) is 3.69. The number of aromatic nitrogens is 3. The Hall–Kier alpha value is -2.08. The van der Waals surface area contributed by atoms with Gasteiger partial charge in [0.05, 0.1) is 6.20 Å². The number of hydrogen-bond acceptors (Lipinski definition) is 3. The van der Waals surface area contributed by atoms with Crippen molar-refractivity contribution < 1.29 is 4.79 Å². The standard InChI is InChI=1S/C19H29N5O/c1-13(2)23-9-8-16(12-23)10-20-18(25)17-11-21-22(5)19(17)24-14(3)6-7-15(24)4/h6-7,11,13,16H,8-10,12H2,1-5H3,(H,20,25)/t16-/m0/s1. The van der Waals surface area contributed by atoms with Crippen LogP contribution in [0.25, 0.3) is 5.82 Å². The van der Waals surface area contributed by atoms with Gasteiger partial charge >= 0.3 is 0 Å². The fourth-order valence-corrected chi connectivity index (χ4v) is 3.69. The number of carbonyl (C=O) groups is 1. The zero-order valence-corrected chi connectivity index (χ0v) is 15.9. The average Bonchev–Trinajstić information content (AvgIpc) is 3.25. The van der Waals surface area contributed by atoms with E-state index in [1.165, 1.54) is 0 Å². The number of hydrogen-bond donors (Lipinski definition) is 1. The number of rotatable bonds is 5. The second kappa shape index (κ2) is 7.04. The molecule has 0 radical (unpaired) electrons. The maximum absolute atomic E-state index is 12.8. The molecule has 0 unspecified atom stereocenters. The van der Waals surface area contributed by atoms with Crippen LogP contribution in [0.4, 0.5) is 0 Å². The number of carbonyl (C=O) groups excluding carboxylic acids is 1. The van der Waals surface area contributed by atoms with E-state index in [9.17, 15) is 4.79 Å². The molecule has 1 saturated heterocycles. The van der Waals surface area contributed by atoms with E-state index < -0.39 is 0 Å². The summed E-state index contributed by atoms with van der Waals surface area (Å²) < 4.78 is 3.85. The summed E-state index contributed by atoms with van der Waals surface area (Å²) in [6.45, 7) is 11.4. The normalized spacial score (nSPS) is 18.2. The Labute approximate surface area is 149 Å². The van der Waals surface area contributed by atoms with Crippen LogP contribution in [0.2, 0.25) is 0 Å². The Bertz CT molecular complexity index is 738. The number of aryl methyl sites for hydroxylation is 3. The first kappa shape index (κ1) is 17.7. The third kappa shape index (κ3) is 3.49. The van der Waals surface area contributed by atoms with E-state index in [1.54, 1.807) is 10.9 Å². The molecule has 1 N–H and O–H groups in total. The van der Waals surface area contributed by atoms with Crippen molar-refractivity contribution in [2.45, 2.75) is 40.2 Å². The summed E-state index contributed by atoms with van der Waals surface area (Å²) in [7, 11) is 1.88. The minimum atomic E-state index is -0.0430. The summed E-state index contributed by atoms with van der Waals surface area (Å²) in [6.07, 6.45) is 2.81. The molecule has 0 saturated carbocycles. The molecule has 1 aliphatic heterocycles. The van der Waals surface area contributed by atoms with Gasteiger partial charge in [0.1, 0.15) is 11.4 Å². The number of amides is 1. The van der Waals surface area contributed by atoms with Gasteiger partial charge in [0.15, 0.2) is 0 Å². The molecule has 1 atom stereocenters. The van der Waals surface area contributed by atoms with Gasteiger partial charge in [-0.3, -0.25) is 9.48 Å². The highest BCUT2D eigenvalue weighted by Gasteiger charge is 2.25. The zero-order valence-electron chi connectivity index (χ0n) is 15.9. The molecule has 3 heterocycles. The lowest BCUT2D eigenvalue weighted by Gasteiger charge is -2.20. The van der Waals surface area contributed by atoms with Crippen molar-refractivity contribution in [1.82, 2.24) is 24.6 Å². The van der Waals surface area contributed by atoms with Gasteiger partial charge in [-0.05, 0) is 58.7 Å². The van der Waals surface area contributed by atoms with Crippen LogP contribution in [0.15, 0.2) is 18.3 Å². The molecule has 6 nitrogen and oxygen atoms in total. The van der Waals surface area contributed by atoms with Crippen LogP contribution in [-0.2, 0) is 7.05 Å². The van der Waals surface area contributed by atoms with Gasteiger partial charge in [0, 0.05) is 37.6 Å². The highest BCUT2D eigenvalue weighted by Crippen LogP contribution is 2.21. The molecule has 2 aromatic heterocycles. The van der Waals surface area contributed by atoms with Crippen molar-refractivity contribution in [1.29, 1.82) is 0 Å². The molecule has 1 aliphatic rings. The SMILES string of the molecule is Cc1ccc(C)n1-c1c(C(=O)NC[C@@H]2CCN(C(C)C)C2)cnn1C. The van der Waals surface area contributed by atoms with Crippen molar-refractivity contribution in [3.05, 3.63) is 35.3 Å². The minimum Gasteiger partial charge on any atom is -0.352 e. The molecule has 6 heteroatoms. The molecule has 0 bridgehead atoms. The molecular formula is C19H29N5O. The summed E-state index contributed by atoms with van der Waals surface area (Å²) in [4.78, 5) is 15.2. The lowest BCUT2D eigenvalue weighted by atomic mass is 10.1. The summed E-state index contributed by atoms with van der Waals surface area (Å²) in [5.74, 6) is 1.31. The minimum absolute atomic E-state index is 0.0430. The van der Waals surface area contributed by atoms with Crippen LogP contribution in [0.1, 0.15) is 42.0 Å². The van der Waals surface area contributed by atoms with Gasteiger partial charge in [-0.1, -0.05) is 0 Å². The van der Waals surface area contributed by atoms with E-state index in [2.05, 4.69) is 45.9 Å². The van der Waals surface area contributed by atoms with Crippen LogP contribution in [0.5, 0.6) is 0 Å². The third-order valence-electron chi connectivity index (χ3n) is 5.23. The first-order valence-corrected chi connectivity index (χ1v) is 9.08. The lowest BCUT2D eigenvalue weighted by molar-refractivity contribution is 0.0947. The van der Waals surface area contributed by atoms with Gasteiger partial charge < -0.3 is 14.8 Å². The predicted molar refractivity (Wildman–Crippen MR) is 99.2 cm³/mol. The van der Waals surface area contributed by atoms with Gasteiger partial charge in [0.2, 0.25) is 0 Å². The van der Waals surface area contributed by atoms with E-state index in [1.807, 2.05) is 20.9 Å². The first-order chi connectivity index (χ1) is 11.9. The molecule has 0 aliphatic carbocycles. The topological polar surface area (TPSA) is 55.1 Å². The quantitative estimate of drug-likeness (QED) is 0.906. The Morgan fingerprint density at radius 3 is 2.60 bits per heavy atom. The van der Waals surface area contributed by atoms with Crippen molar-refractivity contribution >= 4 is 5.91 Å². The van der Waals surface area contributed by atoms with E-state index in [0.717, 1.165) is 43.3 Å². The molecule has 25 heavy (non-hydrogen) atoms. The maximum atomic E-state index is 12.8. The van der Waals surface area contributed by atoms with Crippen molar-refractivity contribution in [3.8, 4) is 5.82 Å². The van der Waals surface area contributed by atoms with E-state index >= 15 is 0 Å². The maximum Gasteiger partial charge on any atom is 0.256 e. The second-order valence-corrected chi connectivity index (χ2v) is 7.41. The number of likely N-dealkylation sites (tertiary alicyclic amines) is 1. The Morgan fingerprint density at radius 1 is 1.32 bits per heavy atom. The smallest absolute Gasteiger partial charge is 0.256 e. The molecule has 3 rings (SSSR count). The Balaban J connectivity index is 1.72. The van der Waals surface area contributed by atoms with Crippen molar-refractivity contribution in [3.63, 3.8) is 0 Å². The highest BCUT2D eigenvalue weighted by atomic mass is 16.1. The largest absolute Gasteiger partial charge is 0.352 e. The molecule has 0 spiro atoms. The van der Waals surface area contributed by atoms with Crippen LogP contribution < -0.4 is 5.32 Å². The number of nitrogens with zero attached hydrogens (tertiary/aromatic N) is 4. The van der Waals surface area contributed by atoms with Crippen LogP contribution in [0, 0.1) is 19.8 Å². The second-order valence-electron chi connectivity index (χ2n) is 7.41. The molecular weight excluding hydrogens is 314 g/mol. The summed E-state index contributed by atoms with van der Waals surface area (Å²) in [5.41, 5.74) is 2.82. The fraction of sp³-hybridized carbons (Fsp3) is 0.579. The molecule has 1 fully saturated rings. The van der Waals surface area contributed by atoms with Gasteiger partial charge in [-0.2, -0.15) is 5.10 Å². The molecule has 1 amide bonds. The monoisotopic (exact) mass is 343 g/mol.